The van der Waals surface area contributed by atoms with Crippen LogP contribution in [0.1, 0.15) is 82.6 Å². The van der Waals surface area contributed by atoms with Gasteiger partial charge in [-0.2, -0.15) is 0 Å². The maximum absolute atomic E-state index is 14.0. The molecule has 138 valence electrons. The summed E-state index contributed by atoms with van der Waals surface area (Å²) in [4.78, 5) is 0. The van der Waals surface area contributed by atoms with Gasteiger partial charge in [0.2, 0.25) is 0 Å². The quantitative estimate of drug-likeness (QED) is 0.777. The van der Waals surface area contributed by atoms with E-state index >= 15 is 0 Å². The van der Waals surface area contributed by atoms with Gasteiger partial charge in [-0.3, -0.25) is 0 Å². The van der Waals surface area contributed by atoms with Gasteiger partial charge in [0.15, 0.2) is 0 Å². The molecule has 0 bridgehead atoms. The van der Waals surface area contributed by atoms with Gasteiger partial charge in [-0.15, -0.1) is 0 Å². The van der Waals surface area contributed by atoms with Crippen LogP contribution in [0.5, 0.6) is 0 Å². The summed E-state index contributed by atoms with van der Waals surface area (Å²) in [5, 5.41) is 18.3. The van der Waals surface area contributed by atoms with Crippen LogP contribution in [0.4, 0.5) is 4.39 Å². The maximum Gasteiger partial charge on any atom is 0.491 e. The summed E-state index contributed by atoms with van der Waals surface area (Å²) in [6.07, 6.45) is 13.2. The molecule has 0 heterocycles. The molecule has 2 aliphatic carbocycles. The van der Waals surface area contributed by atoms with Gasteiger partial charge in [-0.25, -0.2) is 4.39 Å². The topological polar surface area (TPSA) is 40.5 Å². The van der Waals surface area contributed by atoms with Crippen molar-refractivity contribution >= 4 is 12.6 Å². The van der Waals surface area contributed by atoms with E-state index in [4.69, 9.17) is 10.0 Å². The van der Waals surface area contributed by atoms with Gasteiger partial charge in [0.1, 0.15) is 5.82 Å². The Morgan fingerprint density at radius 3 is 2.08 bits per heavy atom. The molecule has 0 aromatic heterocycles. The van der Waals surface area contributed by atoms with Crippen LogP contribution in [-0.2, 0) is 0 Å². The average Bonchev–Trinajstić information content (AvgIpc) is 2.62. The standard InChI is InChI=1S/C21H32BFO2/c1-2-3-15-4-6-16(7-5-15)17-8-10-18(11-9-17)19-12-13-20(22(24)25)21(23)14-19/h12-18,24-25H,2-11H2,1H3. The smallest absolute Gasteiger partial charge is 0.423 e. The van der Waals surface area contributed by atoms with Crippen molar-refractivity contribution < 1.29 is 14.4 Å². The van der Waals surface area contributed by atoms with E-state index in [1.54, 1.807) is 0 Å². The predicted molar refractivity (Wildman–Crippen MR) is 101 cm³/mol. The SMILES string of the molecule is CCCC1CCC(C2CCC(c3ccc(B(O)O)c(F)c3)CC2)CC1. The highest BCUT2D eigenvalue weighted by molar-refractivity contribution is 6.58. The number of halogens is 1. The van der Waals surface area contributed by atoms with Crippen LogP contribution in [0.25, 0.3) is 0 Å². The number of rotatable bonds is 5. The number of benzene rings is 1. The maximum atomic E-state index is 14.0. The molecular weight excluding hydrogens is 314 g/mol. The van der Waals surface area contributed by atoms with Gasteiger partial charge in [-0.1, -0.05) is 44.7 Å². The van der Waals surface area contributed by atoms with E-state index in [1.165, 1.54) is 63.5 Å². The van der Waals surface area contributed by atoms with Crippen molar-refractivity contribution in [1.29, 1.82) is 0 Å². The van der Waals surface area contributed by atoms with Gasteiger partial charge < -0.3 is 10.0 Å². The summed E-state index contributed by atoms with van der Waals surface area (Å²) in [5.41, 5.74) is 0.994. The third kappa shape index (κ3) is 4.65. The van der Waals surface area contributed by atoms with Crippen LogP contribution in [0.15, 0.2) is 18.2 Å². The van der Waals surface area contributed by atoms with Crippen molar-refractivity contribution in [3.05, 3.63) is 29.6 Å². The largest absolute Gasteiger partial charge is 0.491 e. The van der Waals surface area contributed by atoms with Gasteiger partial charge in [-0.05, 0) is 73.8 Å². The molecule has 2 saturated carbocycles. The van der Waals surface area contributed by atoms with Crippen LogP contribution >= 0.6 is 0 Å². The van der Waals surface area contributed by atoms with Crippen molar-refractivity contribution in [3.63, 3.8) is 0 Å². The van der Waals surface area contributed by atoms with E-state index in [9.17, 15) is 4.39 Å². The normalized spacial score (nSPS) is 30.2. The second-order valence-electron chi connectivity index (χ2n) is 8.34. The minimum atomic E-state index is -1.73. The lowest BCUT2D eigenvalue weighted by molar-refractivity contribution is 0.156. The Morgan fingerprint density at radius 2 is 1.56 bits per heavy atom. The van der Waals surface area contributed by atoms with E-state index in [2.05, 4.69) is 6.92 Å². The molecule has 2 fully saturated rings. The molecular formula is C21H32BFO2. The first kappa shape index (κ1) is 18.9. The van der Waals surface area contributed by atoms with Gasteiger partial charge >= 0.3 is 7.12 Å². The molecule has 0 amide bonds. The van der Waals surface area contributed by atoms with Gasteiger partial charge in [0.05, 0.1) is 0 Å². The zero-order chi connectivity index (χ0) is 17.8. The molecule has 0 spiro atoms. The van der Waals surface area contributed by atoms with Gasteiger partial charge in [0, 0.05) is 5.46 Å². The van der Waals surface area contributed by atoms with E-state index in [0.29, 0.717) is 5.92 Å². The fraction of sp³-hybridized carbons (Fsp3) is 0.714. The third-order valence-corrected chi connectivity index (χ3v) is 6.80. The predicted octanol–water partition coefficient (Wildman–Crippen LogP) is 4.39. The highest BCUT2D eigenvalue weighted by Gasteiger charge is 2.31. The zero-order valence-corrected chi connectivity index (χ0v) is 15.5. The summed E-state index contributed by atoms with van der Waals surface area (Å²) in [5.74, 6) is 2.68. The summed E-state index contributed by atoms with van der Waals surface area (Å²) < 4.78 is 14.0. The van der Waals surface area contributed by atoms with Crippen molar-refractivity contribution in [2.75, 3.05) is 0 Å². The summed E-state index contributed by atoms with van der Waals surface area (Å²) in [6.45, 7) is 2.30. The van der Waals surface area contributed by atoms with Crippen LogP contribution in [-0.4, -0.2) is 17.2 Å². The van der Waals surface area contributed by atoms with Crippen LogP contribution in [0, 0.1) is 23.6 Å². The minimum Gasteiger partial charge on any atom is -0.423 e. The second kappa shape index (κ2) is 8.68. The monoisotopic (exact) mass is 346 g/mol. The molecule has 2 N–H and O–H groups in total. The van der Waals surface area contributed by atoms with Crippen LogP contribution in [0.2, 0.25) is 0 Å². The molecule has 0 saturated heterocycles. The Balaban J connectivity index is 1.51. The molecule has 1 aromatic rings. The van der Waals surface area contributed by atoms with Crippen molar-refractivity contribution in [1.82, 2.24) is 0 Å². The molecule has 0 unspecified atom stereocenters. The third-order valence-electron chi connectivity index (χ3n) is 6.80. The number of hydrogen-bond acceptors (Lipinski definition) is 2. The lowest BCUT2D eigenvalue weighted by atomic mass is 9.67. The second-order valence-corrected chi connectivity index (χ2v) is 8.34. The average molecular weight is 346 g/mol. The van der Waals surface area contributed by atoms with Crippen molar-refractivity contribution in [2.45, 2.75) is 77.0 Å². The summed E-state index contributed by atoms with van der Waals surface area (Å²) in [7, 11) is -1.73. The lowest BCUT2D eigenvalue weighted by Crippen LogP contribution is -2.33. The first-order valence-electron chi connectivity index (χ1n) is 10.2. The lowest BCUT2D eigenvalue weighted by Gasteiger charge is -2.38. The van der Waals surface area contributed by atoms with E-state index in [0.717, 1.165) is 36.2 Å². The zero-order valence-electron chi connectivity index (χ0n) is 15.5. The van der Waals surface area contributed by atoms with Crippen LogP contribution < -0.4 is 5.46 Å². The molecule has 0 radical (unpaired) electrons. The Bertz CT molecular complexity index is 547. The molecule has 0 aliphatic heterocycles. The minimum absolute atomic E-state index is 0.0266. The Hall–Kier alpha value is -0.865. The number of hydrogen-bond donors (Lipinski definition) is 2. The molecule has 1 aromatic carbocycles. The molecule has 2 nitrogen and oxygen atoms in total. The Kier molecular flexibility index (Phi) is 6.57. The molecule has 4 heteroatoms. The summed E-state index contributed by atoms with van der Waals surface area (Å²) in [6, 6.07) is 4.91. The summed E-state index contributed by atoms with van der Waals surface area (Å²) >= 11 is 0. The highest BCUT2D eigenvalue weighted by Crippen LogP contribution is 2.44. The van der Waals surface area contributed by atoms with E-state index in [1.807, 2.05) is 6.07 Å². The molecule has 3 rings (SSSR count). The van der Waals surface area contributed by atoms with Gasteiger partial charge in [0.25, 0.3) is 0 Å². The van der Waals surface area contributed by atoms with E-state index < -0.39 is 12.9 Å². The Labute approximate surface area is 152 Å². The highest BCUT2D eigenvalue weighted by atomic mass is 19.1. The van der Waals surface area contributed by atoms with E-state index in [-0.39, 0.29) is 5.46 Å². The first-order valence-corrected chi connectivity index (χ1v) is 10.2. The van der Waals surface area contributed by atoms with Crippen molar-refractivity contribution in [2.24, 2.45) is 17.8 Å². The van der Waals surface area contributed by atoms with Crippen molar-refractivity contribution in [3.8, 4) is 0 Å². The fourth-order valence-corrected chi connectivity index (χ4v) is 5.29. The van der Waals surface area contributed by atoms with Crippen LogP contribution in [0.3, 0.4) is 0 Å². The molecule has 25 heavy (non-hydrogen) atoms. The molecule has 0 atom stereocenters. The molecule has 2 aliphatic rings. The Morgan fingerprint density at radius 1 is 0.960 bits per heavy atom. The fourth-order valence-electron chi connectivity index (χ4n) is 5.29. The first-order chi connectivity index (χ1) is 12.1.